The molecule has 6 nitrogen and oxygen atoms in total. The van der Waals surface area contributed by atoms with Crippen molar-refractivity contribution in [3.05, 3.63) is 24.0 Å². The molecule has 1 amide bonds. The molecule has 0 spiro atoms. The molecule has 0 unspecified atom stereocenters. The molecule has 2 aliphatic heterocycles. The number of rotatable bonds is 5. The maximum absolute atomic E-state index is 12.4. The van der Waals surface area contributed by atoms with Crippen LogP contribution < -0.4 is 10.2 Å². The van der Waals surface area contributed by atoms with Crippen molar-refractivity contribution in [2.75, 3.05) is 57.4 Å². The number of amides is 1. The summed E-state index contributed by atoms with van der Waals surface area (Å²) in [5.41, 5.74) is 1.70. The van der Waals surface area contributed by atoms with Crippen molar-refractivity contribution in [2.24, 2.45) is 5.92 Å². The van der Waals surface area contributed by atoms with Crippen LogP contribution in [0.15, 0.2) is 18.5 Å². The fraction of sp³-hybridized carbons (Fsp3) is 0.667. The number of aromatic nitrogens is 1. The van der Waals surface area contributed by atoms with Gasteiger partial charge in [-0.15, -0.1) is 0 Å². The zero-order valence-corrected chi connectivity index (χ0v) is 14.5. The number of ether oxygens (including phenoxy) is 1. The first-order chi connectivity index (χ1) is 11.7. The smallest absolute Gasteiger partial charge is 0.252 e. The summed E-state index contributed by atoms with van der Waals surface area (Å²) in [6.07, 6.45) is 5.92. The number of carbonyl (C=O) groups is 1. The van der Waals surface area contributed by atoms with Gasteiger partial charge in [0, 0.05) is 45.5 Å². The molecule has 0 atom stereocenters. The van der Waals surface area contributed by atoms with E-state index in [0.29, 0.717) is 12.1 Å². The fourth-order valence-corrected chi connectivity index (χ4v) is 3.25. The van der Waals surface area contributed by atoms with Crippen molar-refractivity contribution in [2.45, 2.75) is 19.8 Å². The van der Waals surface area contributed by atoms with Crippen molar-refractivity contribution >= 4 is 11.6 Å². The maximum Gasteiger partial charge on any atom is 0.252 e. The van der Waals surface area contributed by atoms with E-state index in [0.717, 1.165) is 57.5 Å². The van der Waals surface area contributed by atoms with Crippen molar-refractivity contribution in [1.82, 2.24) is 15.2 Å². The van der Waals surface area contributed by atoms with Gasteiger partial charge in [0.05, 0.1) is 30.7 Å². The molecule has 1 N–H and O–H groups in total. The van der Waals surface area contributed by atoms with Crippen LogP contribution in [0.2, 0.25) is 0 Å². The van der Waals surface area contributed by atoms with E-state index in [-0.39, 0.29) is 5.91 Å². The number of morpholine rings is 1. The van der Waals surface area contributed by atoms with Crippen molar-refractivity contribution in [1.29, 1.82) is 0 Å². The number of anilines is 1. The number of piperidine rings is 1. The lowest BCUT2D eigenvalue weighted by molar-refractivity contribution is 0.0383. The summed E-state index contributed by atoms with van der Waals surface area (Å²) in [7, 11) is 0. The topological polar surface area (TPSA) is 57.7 Å². The molecule has 2 saturated heterocycles. The van der Waals surface area contributed by atoms with Crippen LogP contribution in [-0.4, -0.2) is 68.3 Å². The summed E-state index contributed by atoms with van der Waals surface area (Å²) < 4.78 is 5.33. The molecular weight excluding hydrogens is 304 g/mol. The minimum absolute atomic E-state index is 0.0389. The molecule has 2 aliphatic rings. The first-order valence-corrected chi connectivity index (χ1v) is 9.00. The van der Waals surface area contributed by atoms with Crippen molar-refractivity contribution < 1.29 is 9.53 Å². The Labute approximate surface area is 144 Å². The number of hydrogen-bond donors (Lipinski definition) is 1. The van der Waals surface area contributed by atoms with Gasteiger partial charge in [0.15, 0.2) is 0 Å². The van der Waals surface area contributed by atoms with Crippen molar-refractivity contribution in [3.63, 3.8) is 0 Å². The number of nitrogens with one attached hydrogen (secondary N) is 1. The predicted octanol–water partition coefficient (Wildman–Crippen LogP) is 1.38. The van der Waals surface area contributed by atoms with E-state index in [9.17, 15) is 4.79 Å². The summed E-state index contributed by atoms with van der Waals surface area (Å²) in [5, 5.41) is 3.00. The Balaban J connectivity index is 1.50. The van der Waals surface area contributed by atoms with Gasteiger partial charge in [-0.3, -0.25) is 14.7 Å². The zero-order chi connectivity index (χ0) is 16.8. The third kappa shape index (κ3) is 4.68. The Morgan fingerprint density at radius 3 is 2.75 bits per heavy atom. The molecule has 0 aromatic carbocycles. The first kappa shape index (κ1) is 17.2. The van der Waals surface area contributed by atoms with E-state index in [1.165, 1.54) is 12.8 Å². The molecule has 3 heterocycles. The van der Waals surface area contributed by atoms with Gasteiger partial charge in [-0.1, -0.05) is 6.92 Å². The van der Waals surface area contributed by atoms with E-state index in [1.54, 1.807) is 6.20 Å². The molecule has 3 rings (SSSR count). The summed E-state index contributed by atoms with van der Waals surface area (Å²) in [4.78, 5) is 21.3. The quantitative estimate of drug-likeness (QED) is 0.883. The first-order valence-electron chi connectivity index (χ1n) is 9.00. The van der Waals surface area contributed by atoms with E-state index in [4.69, 9.17) is 4.74 Å². The van der Waals surface area contributed by atoms with E-state index in [2.05, 4.69) is 27.0 Å². The third-order valence-electron chi connectivity index (χ3n) is 4.95. The van der Waals surface area contributed by atoms with Crippen LogP contribution in [0.25, 0.3) is 0 Å². The minimum Gasteiger partial charge on any atom is -0.379 e. The lowest BCUT2D eigenvalue weighted by Gasteiger charge is -2.32. The lowest BCUT2D eigenvalue weighted by atomic mass is 9.99. The second kappa shape index (κ2) is 8.44. The second-order valence-electron chi connectivity index (χ2n) is 6.81. The van der Waals surface area contributed by atoms with E-state index < -0.39 is 0 Å². The van der Waals surface area contributed by atoms with Gasteiger partial charge in [-0.05, 0) is 24.8 Å². The molecule has 2 fully saturated rings. The normalized spacial score (nSPS) is 20.1. The molecule has 1 aromatic heterocycles. The van der Waals surface area contributed by atoms with Crippen LogP contribution >= 0.6 is 0 Å². The predicted molar refractivity (Wildman–Crippen MR) is 94.4 cm³/mol. The molecular formula is C18H28N4O2. The number of carbonyl (C=O) groups excluding carboxylic acids is 1. The standard InChI is InChI=1S/C18H28N4O2/c1-15-2-5-22(6-3-15)17-12-16(13-19-14-17)18(23)20-4-7-21-8-10-24-11-9-21/h12-15H,2-11H2,1H3,(H,20,23). The Bertz CT molecular complexity index is 538. The van der Waals surface area contributed by atoms with Gasteiger partial charge in [0.25, 0.3) is 5.91 Å². The highest BCUT2D eigenvalue weighted by atomic mass is 16.5. The summed E-state index contributed by atoms with van der Waals surface area (Å²) in [6, 6.07) is 1.97. The van der Waals surface area contributed by atoms with Crippen LogP contribution in [0.4, 0.5) is 5.69 Å². The van der Waals surface area contributed by atoms with Gasteiger partial charge < -0.3 is 15.0 Å². The zero-order valence-electron chi connectivity index (χ0n) is 14.5. The average molecular weight is 332 g/mol. The summed E-state index contributed by atoms with van der Waals surface area (Å²) in [5.74, 6) is 0.754. The van der Waals surface area contributed by atoms with Crippen molar-refractivity contribution in [3.8, 4) is 0 Å². The van der Waals surface area contributed by atoms with Crippen LogP contribution in [0.1, 0.15) is 30.1 Å². The van der Waals surface area contributed by atoms with E-state index >= 15 is 0 Å². The van der Waals surface area contributed by atoms with Crippen LogP contribution in [-0.2, 0) is 4.74 Å². The Morgan fingerprint density at radius 2 is 2.00 bits per heavy atom. The monoisotopic (exact) mass is 332 g/mol. The number of nitrogens with zero attached hydrogens (tertiary/aromatic N) is 3. The average Bonchev–Trinajstić information content (AvgIpc) is 2.63. The highest BCUT2D eigenvalue weighted by molar-refractivity contribution is 5.94. The summed E-state index contributed by atoms with van der Waals surface area (Å²) >= 11 is 0. The molecule has 0 aliphatic carbocycles. The summed E-state index contributed by atoms with van der Waals surface area (Å²) in [6.45, 7) is 9.38. The largest absolute Gasteiger partial charge is 0.379 e. The third-order valence-corrected chi connectivity index (χ3v) is 4.95. The highest BCUT2D eigenvalue weighted by Crippen LogP contribution is 2.22. The van der Waals surface area contributed by atoms with E-state index in [1.807, 2.05) is 12.3 Å². The Morgan fingerprint density at radius 1 is 1.25 bits per heavy atom. The highest BCUT2D eigenvalue weighted by Gasteiger charge is 2.17. The van der Waals surface area contributed by atoms with Crippen LogP contribution in [0.5, 0.6) is 0 Å². The Hall–Kier alpha value is -1.66. The van der Waals surface area contributed by atoms with Gasteiger partial charge in [-0.2, -0.15) is 0 Å². The lowest BCUT2D eigenvalue weighted by Crippen LogP contribution is -2.41. The molecule has 1 aromatic rings. The van der Waals surface area contributed by atoms with Gasteiger partial charge in [-0.25, -0.2) is 0 Å². The molecule has 0 saturated carbocycles. The Kier molecular flexibility index (Phi) is 6.04. The SMILES string of the molecule is CC1CCN(c2cncc(C(=O)NCCN3CCOCC3)c2)CC1. The molecule has 132 valence electrons. The molecule has 6 heteroatoms. The molecule has 0 radical (unpaired) electrons. The fourth-order valence-electron chi connectivity index (χ4n) is 3.25. The minimum atomic E-state index is -0.0389. The number of pyridine rings is 1. The van der Waals surface area contributed by atoms with Gasteiger partial charge in [0.2, 0.25) is 0 Å². The second-order valence-corrected chi connectivity index (χ2v) is 6.81. The van der Waals surface area contributed by atoms with Crippen LogP contribution in [0.3, 0.4) is 0 Å². The van der Waals surface area contributed by atoms with Gasteiger partial charge in [0.1, 0.15) is 0 Å². The maximum atomic E-state index is 12.4. The molecule has 24 heavy (non-hydrogen) atoms. The molecule has 0 bridgehead atoms. The number of hydrogen-bond acceptors (Lipinski definition) is 5. The van der Waals surface area contributed by atoms with Crippen LogP contribution in [0, 0.1) is 5.92 Å². The van der Waals surface area contributed by atoms with Gasteiger partial charge >= 0.3 is 0 Å².